The molecule has 0 radical (unpaired) electrons. The summed E-state index contributed by atoms with van der Waals surface area (Å²) in [7, 11) is 0. The van der Waals surface area contributed by atoms with Crippen molar-refractivity contribution in [1.29, 1.82) is 0 Å². The first-order valence-corrected chi connectivity index (χ1v) is 4.27. The zero-order valence-corrected chi connectivity index (χ0v) is 10.6. The smallest absolute Gasteiger partial charge is 0.344 e. The number of ether oxygens (including phenoxy) is 1. The molecule has 0 saturated carbocycles. The lowest BCUT2D eigenvalue weighted by atomic mass is 10.2. The second-order valence-electron chi connectivity index (χ2n) is 3.98. The van der Waals surface area contributed by atoms with E-state index < -0.39 is 5.60 Å². The second-order valence-corrected chi connectivity index (χ2v) is 3.98. The number of esters is 1. The number of hydrogen-bond donors (Lipinski definition) is 1. The molecule has 1 heterocycles. The van der Waals surface area contributed by atoms with Gasteiger partial charge < -0.3 is 21.7 Å². The third kappa shape index (κ3) is 5.36. The van der Waals surface area contributed by atoms with Gasteiger partial charge in [0.05, 0.1) is 0 Å². The monoisotopic (exact) mass is 278 g/mol. The van der Waals surface area contributed by atoms with Gasteiger partial charge in [0.1, 0.15) is 5.60 Å². The maximum absolute atomic E-state index is 11.3. The van der Waals surface area contributed by atoms with Crippen LogP contribution in [0.4, 0.5) is 0 Å². The predicted octanol–water partition coefficient (Wildman–Crippen LogP) is -3.77. The molecule has 1 rings (SSSR count). The number of aromatic nitrogens is 3. The summed E-state index contributed by atoms with van der Waals surface area (Å²) >= 11 is 0. The summed E-state index contributed by atoms with van der Waals surface area (Å²) in [5.74, 6) is 5.03. The molecule has 0 bridgehead atoms. The Labute approximate surface area is 98.8 Å². The number of nitrogen functional groups attached to an aromatic ring is 1. The van der Waals surface area contributed by atoms with E-state index in [4.69, 9.17) is 10.6 Å². The van der Waals surface area contributed by atoms with Gasteiger partial charge in [-0.2, -0.15) is 0 Å². The standard InChI is InChI=1S/C8H15N4O2.BrH/c1-8(2,3)14-7(13)4-12-6-11(9)5-10-12;/h5-6H,4,9H2,1-3H3;1H/q+1;/p-1. The molecule has 0 amide bonds. The Bertz CT molecular complexity index is 332. The molecule has 1 aromatic heterocycles. The van der Waals surface area contributed by atoms with Gasteiger partial charge in [0.2, 0.25) is 12.9 Å². The normalized spacial score (nSPS) is 10.6. The lowest BCUT2D eigenvalue weighted by Crippen LogP contribution is -3.00. The van der Waals surface area contributed by atoms with Crippen LogP contribution in [0, 0.1) is 0 Å². The van der Waals surface area contributed by atoms with Crippen LogP contribution in [0.25, 0.3) is 0 Å². The third-order valence-corrected chi connectivity index (χ3v) is 1.31. The Morgan fingerprint density at radius 1 is 1.60 bits per heavy atom. The quantitative estimate of drug-likeness (QED) is 0.343. The van der Waals surface area contributed by atoms with Crippen LogP contribution in [0.15, 0.2) is 12.7 Å². The predicted molar refractivity (Wildman–Crippen MR) is 48.4 cm³/mol. The second kappa shape index (κ2) is 5.11. The summed E-state index contributed by atoms with van der Waals surface area (Å²) < 4.78 is 7.78. The minimum Gasteiger partial charge on any atom is -1.00 e. The van der Waals surface area contributed by atoms with Crippen molar-refractivity contribution in [2.75, 3.05) is 5.84 Å². The summed E-state index contributed by atoms with van der Waals surface area (Å²) in [5, 5.41) is 3.84. The van der Waals surface area contributed by atoms with Crippen molar-refractivity contribution < 1.29 is 31.2 Å². The van der Waals surface area contributed by atoms with Crippen LogP contribution in [0.3, 0.4) is 0 Å². The van der Waals surface area contributed by atoms with E-state index in [1.165, 1.54) is 22.0 Å². The van der Waals surface area contributed by atoms with Gasteiger partial charge >= 0.3 is 5.97 Å². The molecule has 0 spiro atoms. The number of hydrogen-bond acceptors (Lipinski definition) is 4. The van der Waals surface area contributed by atoms with Crippen LogP contribution in [-0.4, -0.2) is 21.4 Å². The average Bonchev–Trinajstić information content (AvgIpc) is 2.30. The first kappa shape index (κ1) is 13.9. The molecule has 1 aromatic rings. The number of carbonyl (C=O) groups excluding carboxylic acids is 1. The van der Waals surface area contributed by atoms with Gasteiger partial charge in [-0.1, -0.05) is 0 Å². The molecule has 0 aliphatic carbocycles. The maximum atomic E-state index is 11.3. The van der Waals surface area contributed by atoms with Crippen molar-refractivity contribution in [3.8, 4) is 0 Å². The van der Waals surface area contributed by atoms with Crippen LogP contribution in [-0.2, 0) is 16.1 Å². The van der Waals surface area contributed by atoms with Crippen LogP contribution >= 0.6 is 0 Å². The van der Waals surface area contributed by atoms with Gasteiger partial charge in [0, 0.05) is 5.10 Å². The first-order valence-electron chi connectivity index (χ1n) is 4.27. The highest BCUT2D eigenvalue weighted by molar-refractivity contribution is 5.69. The fourth-order valence-electron chi connectivity index (χ4n) is 0.927. The van der Waals surface area contributed by atoms with Crippen molar-refractivity contribution in [2.45, 2.75) is 32.9 Å². The number of halogens is 1. The van der Waals surface area contributed by atoms with Gasteiger partial charge in [-0.3, -0.25) is 5.84 Å². The first-order chi connectivity index (χ1) is 6.37. The molecule has 0 aliphatic rings. The highest BCUT2D eigenvalue weighted by Gasteiger charge is 2.19. The molecule has 6 nitrogen and oxygen atoms in total. The minimum atomic E-state index is -0.469. The number of rotatable bonds is 2. The van der Waals surface area contributed by atoms with E-state index in [2.05, 4.69) is 5.10 Å². The zero-order chi connectivity index (χ0) is 10.8. The topological polar surface area (TPSA) is 74.0 Å². The van der Waals surface area contributed by atoms with Crippen LogP contribution in [0.5, 0.6) is 0 Å². The molecule has 2 N–H and O–H groups in total. The van der Waals surface area contributed by atoms with Crippen LogP contribution in [0.2, 0.25) is 0 Å². The lowest BCUT2D eigenvalue weighted by molar-refractivity contribution is -0.639. The molecule has 0 aliphatic heterocycles. The molecule has 86 valence electrons. The Morgan fingerprint density at radius 3 is 2.60 bits per heavy atom. The van der Waals surface area contributed by atoms with Crippen molar-refractivity contribution >= 4 is 5.97 Å². The molecule has 0 aromatic carbocycles. The van der Waals surface area contributed by atoms with Gasteiger partial charge in [-0.05, 0) is 20.8 Å². The van der Waals surface area contributed by atoms with E-state index in [0.717, 1.165) is 0 Å². The number of carbonyl (C=O) groups is 1. The Balaban J connectivity index is 0.00000196. The average molecular weight is 279 g/mol. The van der Waals surface area contributed by atoms with Gasteiger partial charge in [-0.25, -0.2) is 4.79 Å². The zero-order valence-electron chi connectivity index (χ0n) is 8.98. The summed E-state index contributed by atoms with van der Waals surface area (Å²) in [4.78, 5) is 11.3. The third-order valence-electron chi connectivity index (χ3n) is 1.31. The van der Waals surface area contributed by atoms with Crippen molar-refractivity contribution in [3.63, 3.8) is 0 Å². The van der Waals surface area contributed by atoms with E-state index >= 15 is 0 Å². The Morgan fingerprint density at radius 2 is 2.20 bits per heavy atom. The van der Waals surface area contributed by atoms with E-state index in [-0.39, 0.29) is 29.5 Å². The van der Waals surface area contributed by atoms with E-state index in [9.17, 15) is 4.79 Å². The van der Waals surface area contributed by atoms with Crippen molar-refractivity contribution in [3.05, 3.63) is 12.7 Å². The minimum absolute atomic E-state index is 0. The fraction of sp³-hybridized carbons (Fsp3) is 0.625. The summed E-state index contributed by atoms with van der Waals surface area (Å²) in [6.45, 7) is 5.52. The molecule has 7 heteroatoms. The Hall–Kier alpha value is -1.11. The van der Waals surface area contributed by atoms with Crippen LogP contribution in [0.1, 0.15) is 20.8 Å². The summed E-state index contributed by atoms with van der Waals surface area (Å²) in [6.07, 6.45) is 2.91. The molecule has 0 unspecified atom stereocenters. The van der Waals surface area contributed by atoms with E-state index in [1.807, 2.05) is 20.8 Å². The van der Waals surface area contributed by atoms with Crippen LogP contribution < -0.4 is 27.5 Å². The maximum Gasteiger partial charge on any atom is 0.344 e. The Kier molecular flexibility index (Phi) is 4.73. The van der Waals surface area contributed by atoms with Crippen molar-refractivity contribution in [2.24, 2.45) is 0 Å². The molecule has 0 atom stereocenters. The molecule has 0 saturated heterocycles. The van der Waals surface area contributed by atoms with E-state index in [1.54, 1.807) is 0 Å². The van der Waals surface area contributed by atoms with Gasteiger partial charge in [0.15, 0.2) is 0 Å². The van der Waals surface area contributed by atoms with Gasteiger partial charge in [-0.15, -0.1) is 9.36 Å². The highest BCUT2D eigenvalue weighted by atomic mass is 79.9. The largest absolute Gasteiger partial charge is 1.00 e. The number of nitrogens with zero attached hydrogens (tertiary/aromatic N) is 3. The molecule has 15 heavy (non-hydrogen) atoms. The highest BCUT2D eigenvalue weighted by Crippen LogP contribution is 2.06. The number of nitrogens with two attached hydrogens (primary N) is 1. The van der Waals surface area contributed by atoms with Gasteiger partial charge in [0.25, 0.3) is 6.33 Å². The molecular formula is C8H15BrN4O2. The molecule has 0 fully saturated rings. The fourth-order valence-corrected chi connectivity index (χ4v) is 0.927. The van der Waals surface area contributed by atoms with Crippen molar-refractivity contribution in [1.82, 2.24) is 9.78 Å². The lowest BCUT2D eigenvalue weighted by Gasteiger charge is -2.18. The summed E-state index contributed by atoms with van der Waals surface area (Å²) in [6, 6.07) is 0. The SMILES string of the molecule is CC(C)(C)OC(=O)Cn1c[n+](N)cn1.[Br-]. The molecular weight excluding hydrogens is 264 g/mol. The van der Waals surface area contributed by atoms with E-state index in [0.29, 0.717) is 0 Å². The summed E-state index contributed by atoms with van der Waals surface area (Å²) in [5.41, 5.74) is -0.469.